The summed E-state index contributed by atoms with van der Waals surface area (Å²) in [6, 6.07) is 14.5. The van der Waals surface area contributed by atoms with Gasteiger partial charge in [0.1, 0.15) is 28.6 Å². The summed E-state index contributed by atoms with van der Waals surface area (Å²) in [7, 11) is 1.44. The van der Waals surface area contributed by atoms with Crippen molar-refractivity contribution >= 4 is 16.7 Å². The molecule has 0 atom stereocenters. The van der Waals surface area contributed by atoms with E-state index in [1.807, 2.05) is 9.80 Å². The van der Waals surface area contributed by atoms with Gasteiger partial charge in [0.2, 0.25) is 11.2 Å². The number of para-hydroxylation sites is 1. The molecule has 0 spiro atoms. The topological polar surface area (TPSA) is 75.4 Å². The second-order valence-electron chi connectivity index (χ2n) is 9.02. The van der Waals surface area contributed by atoms with E-state index in [-0.39, 0.29) is 40.4 Å². The van der Waals surface area contributed by atoms with Crippen molar-refractivity contribution in [1.29, 1.82) is 0 Å². The van der Waals surface area contributed by atoms with Gasteiger partial charge in [-0.1, -0.05) is 12.1 Å². The van der Waals surface area contributed by atoms with Gasteiger partial charge < -0.3 is 23.9 Å². The number of anilines is 1. The number of ether oxygens (including phenoxy) is 2. The highest BCUT2D eigenvalue weighted by atomic mass is 19.4. The number of alkyl halides is 3. The van der Waals surface area contributed by atoms with Crippen molar-refractivity contribution in [2.45, 2.75) is 12.7 Å². The van der Waals surface area contributed by atoms with E-state index in [1.54, 1.807) is 18.2 Å². The van der Waals surface area contributed by atoms with Gasteiger partial charge in [-0.15, -0.1) is 0 Å². The maximum atomic E-state index is 14.2. The van der Waals surface area contributed by atoms with Crippen molar-refractivity contribution in [2.75, 3.05) is 38.2 Å². The Morgan fingerprint density at radius 1 is 0.949 bits per heavy atom. The molecular formula is C28H24F4N2O5. The molecule has 1 aliphatic heterocycles. The Bertz CT molecular complexity index is 1550. The first-order valence-electron chi connectivity index (χ1n) is 12.1. The zero-order chi connectivity index (χ0) is 27.7. The number of fused-ring (bicyclic) bond motifs is 1. The molecule has 204 valence electrons. The van der Waals surface area contributed by atoms with Crippen molar-refractivity contribution in [3.8, 4) is 23.0 Å². The molecule has 0 amide bonds. The Kier molecular flexibility index (Phi) is 7.09. The first-order valence-corrected chi connectivity index (χ1v) is 12.1. The Hall–Kier alpha value is -4.25. The summed E-state index contributed by atoms with van der Waals surface area (Å²) in [6.07, 6.45) is -5.05. The third kappa shape index (κ3) is 5.35. The van der Waals surface area contributed by atoms with Crippen LogP contribution in [0.3, 0.4) is 0 Å². The summed E-state index contributed by atoms with van der Waals surface area (Å²) in [4.78, 5) is 17.0. The number of phenolic OH excluding ortho intramolecular Hbond substituents is 1. The zero-order valence-electron chi connectivity index (χ0n) is 20.8. The molecule has 0 radical (unpaired) electrons. The van der Waals surface area contributed by atoms with Crippen LogP contribution in [0.15, 0.2) is 69.9 Å². The van der Waals surface area contributed by atoms with Crippen molar-refractivity contribution in [1.82, 2.24) is 4.90 Å². The minimum absolute atomic E-state index is 0.0142. The highest BCUT2D eigenvalue weighted by Crippen LogP contribution is 2.40. The average Bonchev–Trinajstić information content (AvgIpc) is 2.92. The van der Waals surface area contributed by atoms with Gasteiger partial charge in [-0.05, 0) is 48.5 Å². The summed E-state index contributed by atoms with van der Waals surface area (Å²) >= 11 is 0. The molecule has 5 rings (SSSR count). The number of rotatable bonds is 6. The summed E-state index contributed by atoms with van der Waals surface area (Å²) in [5, 5.41) is 10.4. The molecule has 3 aromatic carbocycles. The third-order valence-corrected chi connectivity index (χ3v) is 6.58. The second kappa shape index (κ2) is 10.5. The normalized spacial score (nSPS) is 14.5. The van der Waals surface area contributed by atoms with E-state index in [1.165, 1.54) is 49.6 Å². The van der Waals surface area contributed by atoms with Crippen LogP contribution >= 0.6 is 0 Å². The van der Waals surface area contributed by atoms with Crippen LogP contribution in [0.25, 0.3) is 11.0 Å². The predicted octanol–water partition coefficient (Wildman–Crippen LogP) is 5.78. The monoisotopic (exact) mass is 544 g/mol. The quantitative estimate of drug-likeness (QED) is 0.309. The lowest BCUT2D eigenvalue weighted by molar-refractivity contribution is -0.154. The second-order valence-corrected chi connectivity index (χ2v) is 9.02. The number of nitrogens with zero attached hydrogens (tertiary/aromatic N) is 2. The maximum absolute atomic E-state index is 14.2. The van der Waals surface area contributed by atoms with Crippen LogP contribution in [0.4, 0.5) is 23.2 Å². The van der Waals surface area contributed by atoms with Gasteiger partial charge in [-0.3, -0.25) is 9.69 Å². The van der Waals surface area contributed by atoms with Crippen LogP contribution in [-0.2, 0) is 12.7 Å². The summed E-state index contributed by atoms with van der Waals surface area (Å²) in [6.45, 7) is 1.83. The van der Waals surface area contributed by atoms with Gasteiger partial charge in [0.15, 0.2) is 0 Å². The van der Waals surface area contributed by atoms with Crippen molar-refractivity contribution < 1.29 is 36.6 Å². The molecule has 1 aliphatic rings. The number of piperazine rings is 1. The predicted molar refractivity (Wildman–Crippen MR) is 136 cm³/mol. The molecule has 1 aromatic heterocycles. The Balaban J connectivity index is 1.47. The first-order chi connectivity index (χ1) is 18.7. The van der Waals surface area contributed by atoms with Gasteiger partial charge in [-0.2, -0.15) is 13.2 Å². The smallest absolute Gasteiger partial charge is 0.453 e. The summed E-state index contributed by atoms with van der Waals surface area (Å²) < 4.78 is 72.1. The van der Waals surface area contributed by atoms with Gasteiger partial charge in [0.25, 0.3) is 5.76 Å². The SMILES string of the molecule is COc1ccc(Oc2c(C(F)(F)F)oc3c(CN4CCN(c5ccccc5F)CC4)c(O)ccc3c2=O)cc1. The first kappa shape index (κ1) is 26.4. The molecule has 11 heteroatoms. The van der Waals surface area contributed by atoms with Crippen molar-refractivity contribution in [3.05, 3.63) is 88.0 Å². The Morgan fingerprint density at radius 2 is 1.62 bits per heavy atom. The van der Waals surface area contributed by atoms with Crippen molar-refractivity contribution in [2.24, 2.45) is 0 Å². The molecule has 0 unspecified atom stereocenters. The number of benzene rings is 3. The van der Waals surface area contributed by atoms with E-state index in [9.17, 15) is 27.5 Å². The number of halogens is 4. The van der Waals surface area contributed by atoms with Crippen LogP contribution < -0.4 is 19.8 Å². The molecule has 2 heterocycles. The molecule has 1 N–H and O–H groups in total. The third-order valence-electron chi connectivity index (χ3n) is 6.58. The Labute approximate surface area is 220 Å². The van der Waals surface area contributed by atoms with Crippen LogP contribution in [-0.4, -0.2) is 43.3 Å². The average molecular weight is 545 g/mol. The van der Waals surface area contributed by atoms with Crippen LogP contribution in [0.5, 0.6) is 23.0 Å². The molecule has 39 heavy (non-hydrogen) atoms. The standard InChI is InChI=1S/C28H24F4N2O5/c1-37-17-6-8-18(9-7-17)38-26-24(36)19-10-11-23(35)20(25(19)39-27(26)28(30,31)32)16-33-12-14-34(15-13-33)22-5-3-2-4-21(22)29/h2-11,35H,12-16H2,1H3. The van der Waals surface area contributed by atoms with Gasteiger partial charge >= 0.3 is 6.18 Å². The molecule has 4 aromatic rings. The minimum atomic E-state index is -5.05. The van der Waals surface area contributed by atoms with E-state index >= 15 is 0 Å². The summed E-state index contributed by atoms with van der Waals surface area (Å²) in [5.41, 5.74) is -0.878. The molecule has 1 saturated heterocycles. The lowest BCUT2D eigenvalue weighted by Gasteiger charge is -2.36. The van der Waals surface area contributed by atoms with E-state index < -0.39 is 23.1 Å². The van der Waals surface area contributed by atoms with Gasteiger partial charge in [-0.25, -0.2) is 4.39 Å². The highest BCUT2D eigenvalue weighted by molar-refractivity contribution is 5.83. The number of phenols is 1. The molecule has 0 saturated carbocycles. The zero-order valence-corrected chi connectivity index (χ0v) is 20.8. The fourth-order valence-electron chi connectivity index (χ4n) is 4.56. The van der Waals surface area contributed by atoms with E-state index in [2.05, 4.69) is 0 Å². The van der Waals surface area contributed by atoms with Crippen LogP contribution in [0, 0.1) is 5.82 Å². The molecule has 0 aliphatic carbocycles. The largest absolute Gasteiger partial charge is 0.507 e. The number of aromatic hydroxyl groups is 1. The molecule has 1 fully saturated rings. The molecular weight excluding hydrogens is 520 g/mol. The van der Waals surface area contributed by atoms with E-state index in [0.717, 1.165) is 0 Å². The van der Waals surface area contributed by atoms with Gasteiger partial charge in [0, 0.05) is 32.7 Å². The number of methoxy groups -OCH3 is 1. The van der Waals surface area contributed by atoms with E-state index in [4.69, 9.17) is 13.9 Å². The van der Waals surface area contributed by atoms with Crippen LogP contribution in [0.1, 0.15) is 11.3 Å². The fourth-order valence-corrected chi connectivity index (χ4v) is 4.56. The lowest BCUT2D eigenvalue weighted by atomic mass is 10.1. The number of hydrogen-bond acceptors (Lipinski definition) is 7. The van der Waals surface area contributed by atoms with E-state index in [0.29, 0.717) is 37.6 Å². The highest BCUT2D eigenvalue weighted by Gasteiger charge is 2.41. The maximum Gasteiger partial charge on any atom is 0.453 e. The molecule has 0 bridgehead atoms. The Morgan fingerprint density at radius 3 is 2.26 bits per heavy atom. The van der Waals surface area contributed by atoms with Gasteiger partial charge in [0.05, 0.1) is 23.7 Å². The lowest BCUT2D eigenvalue weighted by Crippen LogP contribution is -2.46. The molecule has 7 nitrogen and oxygen atoms in total. The fraction of sp³-hybridized carbons (Fsp3) is 0.250. The number of hydrogen-bond donors (Lipinski definition) is 1. The summed E-state index contributed by atoms with van der Waals surface area (Å²) in [5.74, 6) is -2.81. The minimum Gasteiger partial charge on any atom is -0.507 e. The van der Waals surface area contributed by atoms with Crippen molar-refractivity contribution in [3.63, 3.8) is 0 Å². The van der Waals surface area contributed by atoms with Crippen LogP contribution in [0.2, 0.25) is 0 Å².